The molecule has 0 fully saturated rings. The maximum absolute atomic E-state index is 13.5. The van der Waals surface area contributed by atoms with Crippen molar-refractivity contribution in [2.75, 3.05) is 26.7 Å². The van der Waals surface area contributed by atoms with Crippen LogP contribution >= 0.6 is 0 Å². The molecule has 0 unspecified atom stereocenters. The summed E-state index contributed by atoms with van der Waals surface area (Å²) >= 11 is 0. The second kappa shape index (κ2) is 11.3. The van der Waals surface area contributed by atoms with Crippen LogP contribution in [0.1, 0.15) is 31.9 Å². The first kappa shape index (κ1) is 26.1. The van der Waals surface area contributed by atoms with Crippen molar-refractivity contribution >= 4 is 10.0 Å². The molecule has 0 saturated heterocycles. The van der Waals surface area contributed by atoms with Crippen LogP contribution in [0.2, 0.25) is 0 Å². The SMILES string of the molecule is C[C@@H]1CN([C@H](C)CO)S(=O)(=O)c2ccc(C#C[C@@H](C)O)cc2O[C@@H]1CN(C)Cc1cncnc1. The number of benzene rings is 1. The third-order valence-corrected chi connectivity index (χ3v) is 7.67. The monoisotopic (exact) mass is 488 g/mol. The number of aliphatic hydroxyl groups excluding tert-OH is 2. The van der Waals surface area contributed by atoms with Crippen molar-refractivity contribution < 1.29 is 23.4 Å². The van der Waals surface area contributed by atoms with Crippen molar-refractivity contribution in [2.45, 2.75) is 50.5 Å². The van der Waals surface area contributed by atoms with E-state index >= 15 is 0 Å². The highest BCUT2D eigenvalue weighted by Gasteiger charge is 2.38. The number of hydrogen-bond donors (Lipinski definition) is 2. The Morgan fingerprint density at radius 3 is 2.65 bits per heavy atom. The molecule has 10 heteroatoms. The number of fused-ring (bicyclic) bond motifs is 1. The van der Waals surface area contributed by atoms with Crippen LogP contribution in [0, 0.1) is 17.8 Å². The lowest BCUT2D eigenvalue weighted by Gasteiger charge is -2.37. The lowest BCUT2D eigenvalue weighted by molar-refractivity contribution is 0.0733. The molecule has 0 radical (unpaired) electrons. The number of aromatic nitrogens is 2. The summed E-state index contributed by atoms with van der Waals surface area (Å²) in [5, 5.41) is 19.2. The topological polar surface area (TPSA) is 116 Å². The van der Waals surface area contributed by atoms with Gasteiger partial charge in [-0.3, -0.25) is 4.90 Å². The maximum atomic E-state index is 13.5. The van der Waals surface area contributed by atoms with E-state index in [0.717, 1.165) is 5.56 Å². The Morgan fingerprint density at radius 1 is 1.29 bits per heavy atom. The van der Waals surface area contributed by atoms with Gasteiger partial charge in [-0.25, -0.2) is 18.4 Å². The molecule has 0 amide bonds. The second-order valence-electron chi connectivity index (χ2n) is 8.79. The third kappa shape index (κ3) is 6.31. The van der Waals surface area contributed by atoms with Gasteiger partial charge in [-0.2, -0.15) is 4.31 Å². The van der Waals surface area contributed by atoms with E-state index in [4.69, 9.17) is 4.74 Å². The zero-order valence-corrected chi connectivity index (χ0v) is 20.7. The average Bonchev–Trinajstić information content (AvgIpc) is 2.80. The number of hydrogen-bond acceptors (Lipinski definition) is 8. The van der Waals surface area contributed by atoms with Crippen LogP contribution in [-0.4, -0.2) is 82.8 Å². The highest BCUT2D eigenvalue weighted by atomic mass is 32.2. The first-order chi connectivity index (χ1) is 16.1. The molecule has 0 saturated carbocycles. The molecule has 0 spiro atoms. The van der Waals surface area contributed by atoms with Gasteiger partial charge in [-0.15, -0.1) is 0 Å². The van der Waals surface area contributed by atoms with Crippen LogP contribution in [0.5, 0.6) is 5.75 Å². The first-order valence-corrected chi connectivity index (χ1v) is 12.6. The minimum atomic E-state index is -3.91. The molecule has 2 N–H and O–H groups in total. The number of aliphatic hydroxyl groups is 2. The van der Waals surface area contributed by atoms with E-state index in [1.807, 2.05) is 14.0 Å². The van der Waals surface area contributed by atoms with Crippen molar-refractivity contribution in [3.8, 4) is 17.6 Å². The summed E-state index contributed by atoms with van der Waals surface area (Å²) in [5.41, 5.74) is 1.50. The number of likely N-dealkylation sites (N-methyl/N-ethyl adjacent to an activating group) is 1. The fourth-order valence-electron chi connectivity index (χ4n) is 3.80. The van der Waals surface area contributed by atoms with E-state index in [0.29, 0.717) is 18.7 Å². The highest BCUT2D eigenvalue weighted by molar-refractivity contribution is 7.89. The fourth-order valence-corrected chi connectivity index (χ4v) is 5.63. The van der Waals surface area contributed by atoms with Crippen molar-refractivity contribution in [3.63, 3.8) is 0 Å². The van der Waals surface area contributed by atoms with Crippen molar-refractivity contribution in [3.05, 3.63) is 48.0 Å². The smallest absolute Gasteiger partial charge is 0.247 e. The maximum Gasteiger partial charge on any atom is 0.247 e. The van der Waals surface area contributed by atoms with Crippen LogP contribution in [0.3, 0.4) is 0 Å². The Labute approximate surface area is 201 Å². The van der Waals surface area contributed by atoms with Crippen molar-refractivity contribution in [1.82, 2.24) is 19.2 Å². The van der Waals surface area contributed by atoms with Gasteiger partial charge in [0.25, 0.3) is 0 Å². The zero-order chi connectivity index (χ0) is 24.9. The largest absolute Gasteiger partial charge is 0.487 e. The van der Waals surface area contributed by atoms with Gasteiger partial charge in [0.05, 0.1) is 6.61 Å². The summed E-state index contributed by atoms with van der Waals surface area (Å²) in [6.07, 6.45) is 3.85. The van der Waals surface area contributed by atoms with E-state index in [1.165, 1.54) is 16.7 Å². The Bertz CT molecular complexity index is 1130. The van der Waals surface area contributed by atoms with Gasteiger partial charge in [0.1, 0.15) is 29.2 Å². The van der Waals surface area contributed by atoms with Crippen LogP contribution in [-0.2, 0) is 16.6 Å². The minimum Gasteiger partial charge on any atom is -0.487 e. The highest BCUT2D eigenvalue weighted by Crippen LogP contribution is 2.34. The van der Waals surface area contributed by atoms with Gasteiger partial charge < -0.3 is 14.9 Å². The van der Waals surface area contributed by atoms with E-state index in [2.05, 4.69) is 26.7 Å². The molecule has 1 aliphatic rings. The quantitative estimate of drug-likeness (QED) is 0.581. The number of ether oxygens (including phenoxy) is 1. The van der Waals surface area contributed by atoms with E-state index in [9.17, 15) is 18.6 Å². The fraction of sp³-hybridized carbons (Fsp3) is 0.500. The van der Waals surface area contributed by atoms with E-state index in [-0.39, 0.29) is 35.8 Å². The van der Waals surface area contributed by atoms with Crippen LogP contribution in [0.25, 0.3) is 0 Å². The Balaban J connectivity index is 1.99. The molecule has 1 aromatic heterocycles. The molecular formula is C24H32N4O5S. The van der Waals surface area contributed by atoms with Gasteiger partial charge in [-0.05, 0) is 39.1 Å². The normalized spacial score (nSPS) is 21.9. The second-order valence-corrected chi connectivity index (χ2v) is 10.6. The molecule has 34 heavy (non-hydrogen) atoms. The molecule has 4 atom stereocenters. The summed E-state index contributed by atoms with van der Waals surface area (Å²) in [4.78, 5) is 10.2. The molecule has 2 heterocycles. The van der Waals surface area contributed by atoms with E-state index in [1.54, 1.807) is 38.4 Å². The minimum absolute atomic E-state index is 0.0337. The zero-order valence-electron chi connectivity index (χ0n) is 19.9. The standard InChI is InChI=1S/C24H32N4O5S/c1-17-12-28(18(2)15-29)34(31,32)24-8-7-20(6-5-19(3)30)9-22(24)33-23(17)14-27(4)13-21-10-25-16-26-11-21/h7-11,16-19,23,29-30H,12-15H2,1-4H3/t17-,18-,19-,23-/m1/s1. The molecule has 0 bridgehead atoms. The number of rotatable bonds is 6. The predicted molar refractivity (Wildman–Crippen MR) is 127 cm³/mol. The molecule has 1 aliphatic heterocycles. The molecule has 2 aromatic rings. The number of nitrogens with zero attached hydrogens (tertiary/aromatic N) is 4. The Hall–Kier alpha value is -2.55. The predicted octanol–water partition coefficient (Wildman–Crippen LogP) is 1.11. The average molecular weight is 489 g/mol. The van der Waals surface area contributed by atoms with E-state index < -0.39 is 22.2 Å². The first-order valence-electron chi connectivity index (χ1n) is 11.2. The molecule has 0 aliphatic carbocycles. The molecule has 3 rings (SSSR count). The van der Waals surface area contributed by atoms with Crippen LogP contribution < -0.4 is 4.74 Å². The summed E-state index contributed by atoms with van der Waals surface area (Å²) < 4.78 is 34.7. The summed E-state index contributed by atoms with van der Waals surface area (Å²) in [7, 11) is -1.96. The van der Waals surface area contributed by atoms with Gasteiger partial charge in [0, 0.05) is 55.1 Å². The Kier molecular flexibility index (Phi) is 8.62. The molecular weight excluding hydrogens is 456 g/mol. The Morgan fingerprint density at radius 2 is 2.00 bits per heavy atom. The van der Waals surface area contributed by atoms with Gasteiger partial charge in [0.2, 0.25) is 10.0 Å². The molecule has 184 valence electrons. The summed E-state index contributed by atoms with van der Waals surface area (Å²) in [5.74, 6) is 5.56. The number of sulfonamides is 1. The summed E-state index contributed by atoms with van der Waals surface area (Å²) in [6.45, 7) is 6.24. The molecule has 9 nitrogen and oxygen atoms in total. The summed E-state index contributed by atoms with van der Waals surface area (Å²) in [6, 6.07) is 4.08. The lowest BCUT2D eigenvalue weighted by Crippen LogP contribution is -2.49. The lowest BCUT2D eigenvalue weighted by atomic mass is 10.0. The van der Waals surface area contributed by atoms with Gasteiger partial charge in [0.15, 0.2) is 0 Å². The van der Waals surface area contributed by atoms with Gasteiger partial charge >= 0.3 is 0 Å². The van der Waals surface area contributed by atoms with Crippen molar-refractivity contribution in [2.24, 2.45) is 5.92 Å². The van der Waals surface area contributed by atoms with Gasteiger partial charge in [-0.1, -0.05) is 18.8 Å². The van der Waals surface area contributed by atoms with Crippen LogP contribution in [0.4, 0.5) is 0 Å². The van der Waals surface area contributed by atoms with Crippen LogP contribution in [0.15, 0.2) is 41.8 Å². The third-order valence-electron chi connectivity index (χ3n) is 5.65. The van der Waals surface area contributed by atoms with Crippen molar-refractivity contribution in [1.29, 1.82) is 0 Å². The molecule has 1 aromatic carbocycles.